The largest absolute Gasteiger partial charge is 0.352 e. The van der Waals surface area contributed by atoms with Gasteiger partial charge in [0.25, 0.3) is 0 Å². The lowest BCUT2D eigenvalue weighted by Crippen LogP contribution is -2.32. The smallest absolute Gasteiger partial charge is 0.220 e. The summed E-state index contributed by atoms with van der Waals surface area (Å²) in [5, 5.41) is 6.27. The number of pyridine rings is 1. The van der Waals surface area contributed by atoms with Crippen molar-refractivity contribution in [3.63, 3.8) is 0 Å². The number of carbonyl (C=O) groups is 1. The van der Waals surface area contributed by atoms with Crippen LogP contribution in [-0.4, -0.2) is 24.0 Å². The van der Waals surface area contributed by atoms with Crippen molar-refractivity contribution in [1.82, 2.24) is 15.6 Å². The highest BCUT2D eigenvalue weighted by atomic mass is 16.1. The predicted octanol–water partition coefficient (Wildman–Crippen LogP) is 1.09. The van der Waals surface area contributed by atoms with E-state index in [0.29, 0.717) is 18.9 Å². The van der Waals surface area contributed by atoms with Crippen molar-refractivity contribution in [2.75, 3.05) is 13.1 Å². The van der Waals surface area contributed by atoms with Gasteiger partial charge in [-0.05, 0) is 49.5 Å². The summed E-state index contributed by atoms with van der Waals surface area (Å²) in [6.07, 6.45) is 6.38. The Bertz CT molecular complexity index is 347. The van der Waals surface area contributed by atoms with E-state index in [1.807, 2.05) is 12.1 Å². The van der Waals surface area contributed by atoms with E-state index >= 15 is 0 Å². The molecule has 0 aromatic carbocycles. The lowest BCUT2D eigenvalue weighted by atomic mass is 9.94. The van der Waals surface area contributed by atoms with Gasteiger partial charge in [0.1, 0.15) is 0 Å². The molecule has 0 unspecified atom stereocenters. The van der Waals surface area contributed by atoms with Gasteiger partial charge in [-0.2, -0.15) is 0 Å². The van der Waals surface area contributed by atoms with Gasteiger partial charge in [0.2, 0.25) is 5.91 Å². The molecule has 1 saturated heterocycles. The van der Waals surface area contributed by atoms with E-state index in [-0.39, 0.29) is 5.91 Å². The summed E-state index contributed by atoms with van der Waals surface area (Å²) in [5.74, 6) is 0.711. The molecule has 92 valence electrons. The fraction of sp³-hybridized carbons (Fsp3) is 0.538. The number of hydrogen-bond donors (Lipinski definition) is 2. The Hall–Kier alpha value is -1.42. The Morgan fingerprint density at radius 2 is 2.06 bits per heavy atom. The van der Waals surface area contributed by atoms with Crippen molar-refractivity contribution in [1.29, 1.82) is 0 Å². The Balaban J connectivity index is 1.70. The predicted molar refractivity (Wildman–Crippen MR) is 66.3 cm³/mol. The molecule has 0 spiro atoms. The zero-order valence-corrected chi connectivity index (χ0v) is 9.98. The maximum Gasteiger partial charge on any atom is 0.220 e. The summed E-state index contributed by atoms with van der Waals surface area (Å²) in [6, 6.07) is 3.84. The number of hydrogen-bond acceptors (Lipinski definition) is 3. The first-order chi connectivity index (χ1) is 8.34. The van der Waals surface area contributed by atoms with Crippen LogP contribution in [0.4, 0.5) is 0 Å². The summed E-state index contributed by atoms with van der Waals surface area (Å²) in [4.78, 5) is 15.7. The maximum atomic E-state index is 11.7. The highest BCUT2D eigenvalue weighted by Crippen LogP contribution is 2.15. The van der Waals surface area contributed by atoms with Crippen molar-refractivity contribution >= 4 is 5.91 Å². The van der Waals surface area contributed by atoms with Crippen LogP contribution in [0.5, 0.6) is 0 Å². The lowest BCUT2D eigenvalue weighted by molar-refractivity contribution is -0.122. The first-order valence-electron chi connectivity index (χ1n) is 6.21. The van der Waals surface area contributed by atoms with Gasteiger partial charge < -0.3 is 10.6 Å². The molecule has 2 rings (SSSR count). The van der Waals surface area contributed by atoms with Crippen LogP contribution in [0.2, 0.25) is 0 Å². The number of carbonyl (C=O) groups excluding carboxylic acids is 1. The van der Waals surface area contributed by atoms with Crippen LogP contribution in [0.3, 0.4) is 0 Å². The van der Waals surface area contributed by atoms with Gasteiger partial charge in [-0.3, -0.25) is 9.78 Å². The summed E-state index contributed by atoms with van der Waals surface area (Å²) in [6.45, 7) is 2.69. The average Bonchev–Trinajstić information content (AvgIpc) is 2.39. The molecule has 2 heterocycles. The van der Waals surface area contributed by atoms with Crippen molar-refractivity contribution in [3.05, 3.63) is 30.1 Å². The summed E-state index contributed by atoms with van der Waals surface area (Å²) in [7, 11) is 0. The average molecular weight is 233 g/mol. The van der Waals surface area contributed by atoms with Crippen LogP contribution in [0.1, 0.15) is 24.8 Å². The number of rotatable bonds is 4. The molecule has 0 bridgehead atoms. The quantitative estimate of drug-likeness (QED) is 0.818. The first kappa shape index (κ1) is 12.0. The molecule has 1 amide bonds. The number of nitrogens with one attached hydrogen (secondary N) is 2. The van der Waals surface area contributed by atoms with Gasteiger partial charge in [-0.15, -0.1) is 0 Å². The van der Waals surface area contributed by atoms with Crippen molar-refractivity contribution in [3.8, 4) is 0 Å². The van der Waals surface area contributed by atoms with E-state index in [0.717, 1.165) is 31.5 Å². The molecule has 0 aliphatic carbocycles. The van der Waals surface area contributed by atoms with Crippen LogP contribution < -0.4 is 10.6 Å². The zero-order valence-electron chi connectivity index (χ0n) is 9.98. The monoisotopic (exact) mass is 233 g/mol. The van der Waals surface area contributed by atoms with E-state index in [1.54, 1.807) is 12.4 Å². The SMILES string of the molecule is O=C(CC1CCNCC1)NCc1ccncc1. The summed E-state index contributed by atoms with van der Waals surface area (Å²) < 4.78 is 0. The zero-order chi connectivity index (χ0) is 11.9. The molecule has 1 aromatic rings. The minimum Gasteiger partial charge on any atom is -0.352 e. The minimum absolute atomic E-state index is 0.161. The second-order valence-corrected chi connectivity index (χ2v) is 4.53. The van der Waals surface area contributed by atoms with Gasteiger partial charge in [-0.1, -0.05) is 0 Å². The number of amides is 1. The highest BCUT2D eigenvalue weighted by molar-refractivity contribution is 5.76. The van der Waals surface area contributed by atoms with E-state index in [2.05, 4.69) is 15.6 Å². The normalized spacial score (nSPS) is 16.7. The van der Waals surface area contributed by atoms with Crippen LogP contribution >= 0.6 is 0 Å². The van der Waals surface area contributed by atoms with Gasteiger partial charge >= 0.3 is 0 Å². The highest BCUT2D eigenvalue weighted by Gasteiger charge is 2.16. The standard InChI is InChI=1S/C13H19N3O/c17-13(9-11-1-5-14-6-2-11)16-10-12-3-7-15-8-4-12/h3-4,7-8,11,14H,1-2,5-6,9-10H2,(H,16,17). The number of nitrogens with zero attached hydrogens (tertiary/aromatic N) is 1. The molecule has 1 aliphatic rings. The molecule has 0 radical (unpaired) electrons. The molecule has 1 fully saturated rings. The van der Waals surface area contributed by atoms with E-state index < -0.39 is 0 Å². The lowest BCUT2D eigenvalue weighted by Gasteiger charge is -2.21. The van der Waals surface area contributed by atoms with Crippen LogP contribution in [-0.2, 0) is 11.3 Å². The topological polar surface area (TPSA) is 54.0 Å². The first-order valence-corrected chi connectivity index (χ1v) is 6.21. The van der Waals surface area contributed by atoms with E-state index in [1.165, 1.54) is 0 Å². The Morgan fingerprint density at radius 1 is 1.35 bits per heavy atom. The van der Waals surface area contributed by atoms with E-state index in [4.69, 9.17) is 0 Å². The molecule has 17 heavy (non-hydrogen) atoms. The second-order valence-electron chi connectivity index (χ2n) is 4.53. The third-order valence-corrected chi connectivity index (χ3v) is 3.17. The fourth-order valence-corrected chi connectivity index (χ4v) is 2.12. The summed E-state index contributed by atoms with van der Waals surface area (Å²) >= 11 is 0. The van der Waals surface area contributed by atoms with Gasteiger partial charge in [0, 0.05) is 25.4 Å². The third-order valence-electron chi connectivity index (χ3n) is 3.17. The molecule has 2 N–H and O–H groups in total. The van der Waals surface area contributed by atoms with Crippen molar-refractivity contribution in [2.45, 2.75) is 25.8 Å². The number of aromatic nitrogens is 1. The van der Waals surface area contributed by atoms with Crippen molar-refractivity contribution < 1.29 is 4.79 Å². The molecule has 0 atom stereocenters. The molecule has 1 aromatic heterocycles. The second kappa shape index (κ2) is 6.35. The molecule has 1 aliphatic heterocycles. The Kier molecular flexibility index (Phi) is 4.50. The minimum atomic E-state index is 0.161. The van der Waals surface area contributed by atoms with Crippen LogP contribution in [0.15, 0.2) is 24.5 Å². The molecule has 4 nitrogen and oxygen atoms in total. The van der Waals surface area contributed by atoms with Crippen molar-refractivity contribution in [2.24, 2.45) is 5.92 Å². The van der Waals surface area contributed by atoms with Gasteiger partial charge in [0.15, 0.2) is 0 Å². The third kappa shape index (κ3) is 4.15. The van der Waals surface area contributed by atoms with Crippen LogP contribution in [0.25, 0.3) is 0 Å². The Morgan fingerprint density at radius 3 is 2.76 bits per heavy atom. The number of piperidine rings is 1. The molecule has 0 saturated carbocycles. The molecular weight excluding hydrogens is 214 g/mol. The molecular formula is C13H19N3O. The fourth-order valence-electron chi connectivity index (χ4n) is 2.12. The van der Waals surface area contributed by atoms with E-state index in [9.17, 15) is 4.79 Å². The van der Waals surface area contributed by atoms with Gasteiger partial charge in [-0.25, -0.2) is 0 Å². The van der Waals surface area contributed by atoms with Crippen LogP contribution in [0, 0.1) is 5.92 Å². The summed E-state index contributed by atoms with van der Waals surface area (Å²) in [5.41, 5.74) is 1.10. The Labute approximate surface area is 102 Å². The molecule has 4 heteroatoms. The van der Waals surface area contributed by atoms with Gasteiger partial charge in [0.05, 0.1) is 0 Å². The maximum absolute atomic E-state index is 11.7.